The third kappa shape index (κ3) is 1.33. The normalized spacial score (nSPS) is 48.7. The molecule has 0 aliphatic heterocycles. The Kier molecular flexibility index (Phi) is 2.42. The van der Waals surface area contributed by atoms with E-state index in [2.05, 4.69) is 20.8 Å². The molecule has 1 spiro atoms. The van der Waals surface area contributed by atoms with Crippen molar-refractivity contribution in [2.45, 2.75) is 59.3 Å². The summed E-state index contributed by atoms with van der Waals surface area (Å²) in [5.41, 5.74) is 0.855. The maximum Gasteiger partial charge on any atom is -0.0259 e. The standard InChI is InChI=1S/C13H24/c1-4-6-11-9-13(12(11)5-2)7-10(3)8-13/h10-12H,4-9H2,1-3H3. The van der Waals surface area contributed by atoms with E-state index < -0.39 is 0 Å². The molecular weight excluding hydrogens is 156 g/mol. The molecule has 2 fully saturated rings. The van der Waals surface area contributed by atoms with Crippen LogP contribution in [0.25, 0.3) is 0 Å². The van der Waals surface area contributed by atoms with Crippen LogP contribution in [0.15, 0.2) is 0 Å². The Balaban J connectivity index is 1.89. The molecule has 2 unspecified atom stereocenters. The number of hydrogen-bond acceptors (Lipinski definition) is 0. The van der Waals surface area contributed by atoms with E-state index in [0.29, 0.717) is 0 Å². The summed E-state index contributed by atoms with van der Waals surface area (Å²) in [5, 5.41) is 0. The van der Waals surface area contributed by atoms with Crippen LogP contribution in [0, 0.1) is 23.2 Å². The van der Waals surface area contributed by atoms with E-state index in [4.69, 9.17) is 0 Å². The van der Waals surface area contributed by atoms with Crippen LogP contribution >= 0.6 is 0 Å². The van der Waals surface area contributed by atoms with Crippen LogP contribution in [0.4, 0.5) is 0 Å². The minimum Gasteiger partial charge on any atom is -0.0654 e. The highest BCUT2D eigenvalue weighted by molar-refractivity contribution is 5.06. The van der Waals surface area contributed by atoms with Crippen molar-refractivity contribution in [3.05, 3.63) is 0 Å². The van der Waals surface area contributed by atoms with Gasteiger partial charge in [0.2, 0.25) is 0 Å². The molecule has 2 rings (SSSR count). The van der Waals surface area contributed by atoms with Crippen molar-refractivity contribution < 1.29 is 0 Å². The second-order valence-electron chi connectivity index (χ2n) is 5.64. The first kappa shape index (κ1) is 9.55. The highest BCUT2D eigenvalue weighted by Gasteiger charge is 2.57. The largest absolute Gasteiger partial charge is 0.0654 e. The summed E-state index contributed by atoms with van der Waals surface area (Å²) in [5.74, 6) is 3.24. The fraction of sp³-hybridized carbons (Fsp3) is 1.00. The molecule has 13 heavy (non-hydrogen) atoms. The zero-order valence-corrected chi connectivity index (χ0v) is 9.47. The third-order valence-electron chi connectivity index (χ3n) is 4.63. The Hall–Kier alpha value is 0. The summed E-state index contributed by atoms with van der Waals surface area (Å²) in [6, 6.07) is 0. The topological polar surface area (TPSA) is 0 Å². The van der Waals surface area contributed by atoms with E-state index in [-0.39, 0.29) is 0 Å². The van der Waals surface area contributed by atoms with Crippen molar-refractivity contribution in [3.8, 4) is 0 Å². The van der Waals surface area contributed by atoms with E-state index in [0.717, 1.165) is 23.2 Å². The summed E-state index contributed by atoms with van der Waals surface area (Å²) in [6.45, 7) is 7.16. The van der Waals surface area contributed by atoms with Gasteiger partial charge in [-0.1, -0.05) is 40.0 Å². The maximum atomic E-state index is 2.42. The molecule has 0 nitrogen and oxygen atoms in total. The van der Waals surface area contributed by atoms with Gasteiger partial charge in [-0.2, -0.15) is 0 Å². The van der Waals surface area contributed by atoms with Gasteiger partial charge in [-0.3, -0.25) is 0 Å². The minimum absolute atomic E-state index is 0.855. The molecule has 76 valence electrons. The zero-order valence-electron chi connectivity index (χ0n) is 9.47. The number of rotatable bonds is 3. The molecule has 0 aromatic heterocycles. The molecule has 0 amide bonds. The lowest BCUT2D eigenvalue weighted by molar-refractivity contribution is -0.137. The fourth-order valence-electron chi connectivity index (χ4n) is 4.39. The zero-order chi connectivity index (χ0) is 9.47. The molecule has 0 heterocycles. The average Bonchev–Trinajstić information content (AvgIpc) is 2.00. The smallest absolute Gasteiger partial charge is 0.0259 e. The van der Waals surface area contributed by atoms with Crippen LogP contribution in [-0.4, -0.2) is 0 Å². The van der Waals surface area contributed by atoms with E-state index in [1.165, 1.54) is 19.3 Å². The average molecular weight is 180 g/mol. The van der Waals surface area contributed by atoms with Crippen LogP contribution in [0.3, 0.4) is 0 Å². The Morgan fingerprint density at radius 3 is 2.31 bits per heavy atom. The fourth-order valence-corrected chi connectivity index (χ4v) is 4.39. The van der Waals surface area contributed by atoms with Gasteiger partial charge >= 0.3 is 0 Å². The highest BCUT2D eigenvalue weighted by atomic mass is 14.6. The van der Waals surface area contributed by atoms with Gasteiger partial charge in [0.15, 0.2) is 0 Å². The Morgan fingerprint density at radius 2 is 1.85 bits per heavy atom. The quantitative estimate of drug-likeness (QED) is 0.609. The van der Waals surface area contributed by atoms with Crippen LogP contribution in [0.5, 0.6) is 0 Å². The predicted octanol–water partition coefficient (Wildman–Crippen LogP) is 4.25. The lowest BCUT2D eigenvalue weighted by Gasteiger charge is -2.63. The van der Waals surface area contributed by atoms with Crippen LogP contribution < -0.4 is 0 Å². The van der Waals surface area contributed by atoms with Gasteiger partial charge in [0.25, 0.3) is 0 Å². The van der Waals surface area contributed by atoms with Crippen molar-refractivity contribution in [1.29, 1.82) is 0 Å². The summed E-state index contributed by atoms with van der Waals surface area (Å²) in [7, 11) is 0. The summed E-state index contributed by atoms with van der Waals surface area (Å²) in [6.07, 6.45) is 9.00. The Bertz CT molecular complexity index is 176. The molecular formula is C13H24. The Morgan fingerprint density at radius 1 is 1.15 bits per heavy atom. The van der Waals surface area contributed by atoms with Crippen molar-refractivity contribution >= 4 is 0 Å². The first-order valence-electron chi connectivity index (χ1n) is 6.22. The van der Waals surface area contributed by atoms with E-state index >= 15 is 0 Å². The van der Waals surface area contributed by atoms with Gasteiger partial charge in [0.05, 0.1) is 0 Å². The molecule has 0 saturated heterocycles. The molecule has 0 aromatic carbocycles. The molecule has 0 aromatic rings. The summed E-state index contributed by atoms with van der Waals surface area (Å²) < 4.78 is 0. The molecule has 2 aliphatic rings. The van der Waals surface area contributed by atoms with Gasteiger partial charge in [0, 0.05) is 0 Å². The van der Waals surface area contributed by atoms with Crippen molar-refractivity contribution in [1.82, 2.24) is 0 Å². The first-order chi connectivity index (χ1) is 6.22. The van der Waals surface area contributed by atoms with Crippen molar-refractivity contribution in [3.63, 3.8) is 0 Å². The second kappa shape index (κ2) is 3.29. The van der Waals surface area contributed by atoms with Gasteiger partial charge in [0.1, 0.15) is 0 Å². The van der Waals surface area contributed by atoms with Gasteiger partial charge in [-0.05, 0) is 42.4 Å². The van der Waals surface area contributed by atoms with Gasteiger partial charge in [-0.15, -0.1) is 0 Å². The molecule has 0 N–H and O–H groups in total. The molecule has 2 saturated carbocycles. The van der Waals surface area contributed by atoms with Crippen molar-refractivity contribution in [2.24, 2.45) is 23.2 Å². The summed E-state index contributed by atoms with van der Waals surface area (Å²) in [4.78, 5) is 0. The minimum atomic E-state index is 0.855. The van der Waals surface area contributed by atoms with Gasteiger partial charge in [-0.25, -0.2) is 0 Å². The monoisotopic (exact) mass is 180 g/mol. The van der Waals surface area contributed by atoms with Crippen molar-refractivity contribution in [2.75, 3.05) is 0 Å². The lowest BCUT2D eigenvalue weighted by Crippen LogP contribution is -2.54. The highest BCUT2D eigenvalue weighted by Crippen LogP contribution is 2.66. The molecule has 2 aliphatic carbocycles. The number of hydrogen-bond donors (Lipinski definition) is 0. The first-order valence-corrected chi connectivity index (χ1v) is 6.22. The maximum absolute atomic E-state index is 2.42. The molecule has 0 heteroatoms. The van der Waals surface area contributed by atoms with Crippen LogP contribution in [-0.2, 0) is 0 Å². The summed E-state index contributed by atoms with van der Waals surface area (Å²) >= 11 is 0. The van der Waals surface area contributed by atoms with E-state index in [9.17, 15) is 0 Å². The molecule has 2 atom stereocenters. The lowest BCUT2D eigenvalue weighted by atomic mass is 9.42. The SMILES string of the molecule is CCCC1CC2(CC(C)C2)C1CC. The third-order valence-corrected chi connectivity index (χ3v) is 4.63. The van der Waals surface area contributed by atoms with E-state index in [1.807, 2.05) is 0 Å². The Labute approximate surface area is 83.1 Å². The van der Waals surface area contributed by atoms with Crippen LogP contribution in [0.2, 0.25) is 0 Å². The van der Waals surface area contributed by atoms with E-state index in [1.54, 1.807) is 19.3 Å². The predicted molar refractivity (Wildman–Crippen MR) is 57.6 cm³/mol. The second-order valence-corrected chi connectivity index (χ2v) is 5.64. The van der Waals surface area contributed by atoms with Crippen LogP contribution in [0.1, 0.15) is 59.3 Å². The van der Waals surface area contributed by atoms with Gasteiger partial charge < -0.3 is 0 Å². The molecule has 0 bridgehead atoms. The molecule has 0 radical (unpaired) electrons.